The number of amides is 2. The van der Waals surface area contributed by atoms with Gasteiger partial charge in [0, 0.05) is 64.1 Å². The Bertz CT molecular complexity index is 818. The van der Waals surface area contributed by atoms with Gasteiger partial charge in [0.15, 0.2) is 0 Å². The Labute approximate surface area is 171 Å². The molecule has 152 valence electrons. The van der Waals surface area contributed by atoms with Crippen molar-refractivity contribution in [1.82, 2.24) is 24.7 Å². The zero-order chi connectivity index (χ0) is 20.1. The minimum Gasteiger partial charge on any atom is -0.340 e. The van der Waals surface area contributed by atoms with Crippen molar-refractivity contribution in [2.45, 2.75) is 31.8 Å². The quantitative estimate of drug-likeness (QED) is 0.718. The lowest BCUT2D eigenvalue weighted by atomic mass is 10.2. The molecule has 1 aromatic carbocycles. The zero-order valence-electron chi connectivity index (χ0n) is 16.6. The van der Waals surface area contributed by atoms with Gasteiger partial charge in [0.25, 0.3) is 5.91 Å². The summed E-state index contributed by atoms with van der Waals surface area (Å²) in [5, 5.41) is 0. The van der Waals surface area contributed by atoms with Gasteiger partial charge in [0.1, 0.15) is 5.69 Å². The van der Waals surface area contributed by atoms with Crippen LogP contribution in [-0.2, 0) is 11.3 Å². The van der Waals surface area contributed by atoms with Crippen molar-refractivity contribution in [2.75, 3.05) is 32.7 Å². The third-order valence-corrected chi connectivity index (χ3v) is 5.57. The van der Waals surface area contributed by atoms with Crippen LogP contribution in [0.15, 0.2) is 48.9 Å². The van der Waals surface area contributed by atoms with Crippen LogP contribution < -0.4 is 0 Å². The first-order valence-electron chi connectivity index (χ1n) is 10.3. The second-order valence-electron chi connectivity index (χ2n) is 7.71. The predicted octanol–water partition coefficient (Wildman–Crippen LogP) is 1.82. The fourth-order valence-corrected chi connectivity index (χ4v) is 3.76. The lowest BCUT2D eigenvalue weighted by Gasteiger charge is -2.35. The SMILES string of the molecule is O=C(CCN(C(=O)c1cnccn1)C1CC1)N1CCN(Cc2ccccc2)CC1. The van der Waals surface area contributed by atoms with Crippen molar-refractivity contribution in [1.29, 1.82) is 0 Å². The number of carbonyl (C=O) groups excluding carboxylic acids is 2. The van der Waals surface area contributed by atoms with Crippen LogP contribution in [0, 0.1) is 0 Å². The zero-order valence-corrected chi connectivity index (χ0v) is 16.6. The Morgan fingerprint density at radius 3 is 2.45 bits per heavy atom. The molecule has 0 unspecified atom stereocenters. The minimum absolute atomic E-state index is 0.124. The van der Waals surface area contributed by atoms with E-state index in [0.717, 1.165) is 45.6 Å². The largest absolute Gasteiger partial charge is 0.340 e. The molecule has 2 amide bonds. The highest BCUT2D eigenvalue weighted by atomic mass is 16.2. The number of benzene rings is 1. The van der Waals surface area contributed by atoms with Crippen LogP contribution in [0.4, 0.5) is 0 Å². The van der Waals surface area contributed by atoms with Gasteiger partial charge in [0.2, 0.25) is 5.91 Å². The van der Waals surface area contributed by atoms with Crippen molar-refractivity contribution in [3.8, 4) is 0 Å². The molecule has 2 aliphatic rings. The molecule has 2 aromatic rings. The molecule has 0 bridgehead atoms. The van der Waals surface area contributed by atoms with Gasteiger partial charge in [-0.2, -0.15) is 0 Å². The van der Waals surface area contributed by atoms with Gasteiger partial charge in [-0.1, -0.05) is 30.3 Å². The molecular weight excluding hydrogens is 366 g/mol. The van der Waals surface area contributed by atoms with Gasteiger partial charge in [-0.3, -0.25) is 19.5 Å². The maximum absolute atomic E-state index is 12.7. The number of carbonyl (C=O) groups is 2. The topological polar surface area (TPSA) is 69.6 Å². The molecule has 2 fully saturated rings. The first-order chi connectivity index (χ1) is 14.2. The fraction of sp³-hybridized carbons (Fsp3) is 0.455. The molecule has 1 saturated heterocycles. The lowest BCUT2D eigenvalue weighted by Crippen LogP contribution is -2.49. The minimum atomic E-state index is -0.124. The molecule has 0 N–H and O–H groups in total. The number of aromatic nitrogens is 2. The van der Waals surface area contributed by atoms with Crippen LogP contribution >= 0.6 is 0 Å². The summed E-state index contributed by atoms with van der Waals surface area (Å²) < 4.78 is 0. The molecule has 1 aliphatic carbocycles. The molecule has 1 saturated carbocycles. The number of hydrogen-bond donors (Lipinski definition) is 0. The highest BCUT2D eigenvalue weighted by molar-refractivity contribution is 5.92. The van der Waals surface area contributed by atoms with Crippen molar-refractivity contribution >= 4 is 11.8 Å². The lowest BCUT2D eigenvalue weighted by molar-refractivity contribution is -0.133. The third kappa shape index (κ3) is 5.17. The molecule has 1 aliphatic heterocycles. The van der Waals surface area contributed by atoms with Crippen molar-refractivity contribution in [3.05, 3.63) is 60.2 Å². The first-order valence-corrected chi connectivity index (χ1v) is 10.3. The van der Waals surface area contributed by atoms with E-state index in [1.165, 1.54) is 18.0 Å². The first kappa shape index (κ1) is 19.5. The van der Waals surface area contributed by atoms with E-state index in [1.54, 1.807) is 11.1 Å². The number of hydrogen-bond acceptors (Lipinski definition) is 5. The average molecular weight is 393 g/mol. The van der Waals surface area contributed by atoms with Crippen LogP contribution in [0.1, 0.15) is 35.3 Å². The van der Waals surface area contributed by atoms with E-state index >= 15 is 0 Å². The molecule has 0 radical (unpaired) electrons. The average Bonchev–Trinajstić information content (AvgIpc) is 3.61. The van der Waals surface area contributed by atoms with E-state index in [1.807, 2.05) is 11.0 Å². The summed E-state index contributed by atoms with van der Waals surface area (Å²) in [6, 6.07) is 10.7. The second-order valence-corrected chi connectivity index (χ2v) is 7.71. The van der Waals surface area contributed by atoms with Crippen molar-refractivity contribution < 1.29 is 9.59 Å². The smallest absolute Gasteiger partial charge is 0.274 e. The van der Waals surface area contributed by atoms with E-state index in [2.05, 4.69) is 39.1 Å². The summed E-state index contributed by atoms with van der Waals surface area (Å²) in [5.41, 5.74) is 1.65. The van der Waals surface area contributed by atoms with Gasteiger partial charge >= 0.3 is 0 Å². The van der Waals surface area contributed by atoms with Gasteiger partial charge in [-0.25, -0.2) is 4.98 Å². The summed E-state index contributed by atoms with van der Waals surface area (Å²) >= 11 is 0. The molecule has 2 heterocycles. The highest BCUT2D eigenvalue weighted by Crippen LogP contribution is 2.28. The van der Waals surface area contributed by atoms with Gasteiger partial charge in [0.05, 0.1) is 6.20 Å². The van der Waals surface area contributed by atoms with E-state index in [0.29, 0.717) is 18.7 Å². The Balaban J connectivity index is 1.25. The van der Waals surface area contributed by atoms with Crippen LogP contribution in [0.2, 0.25) is 0 Å². The summed E-state index contributed by atoms with van der Waals surface area (Å²) in [5.74, 6) is 0.00281. The molecule has 7 nitrogen and oxygen atoms in total. The maximum Gasteiger partial charge on any atom is 0.274 e. The van der Waals surface area contributed by atoms with Crippen LogP contribution in [-0.4, -0.2) is 75.2 Å². The Morgan fingerprint density at radius 1 is 1.03 bits per heavy atom. The monoisotopic (exact) mass is 393 g/mol. The number of rotatable bonds is 7. The number of nitrogens with zero attached hydrogens (tertiary/aromatic N) is 5. The molecular formula is C22H27N5O2. The standard InChI is InChI=1S/C22H27N5O2/c28-21(26-14-12-25(13-15-26)17-18-4-2-1-3-5-18)8-11-27(19-6-7-19)22(29)20-16-23-9-10-24-20/h1-5,9-10,16,19H,6-8,11-15,17H2. The second kappa shape index (κ2) is 9.13. The Hall–Kier alpha value is -2.80. The summed E-state index contributed by atoms with van der Waals surface area (Å²) in [6.45, 7) is 4.62. The molecule has 4 rings (SSSR count). The van der Waals surface area contributed by atoms with Gasteiger partial charge in [-0.05, 0) is 18.4 Å². The summed E-state index contributed by atoms with van der Waals surface area (Å²) in [7, 11) is 0. The molecule has 29 heavy (non-hydrogen) atoms. The summed E-state index contributed by atoms with van der Waals surface area (Å²) in [4.78, 5) is 39.6. The molecule has 0 spiro atoms. The van der Waals surface area contributed by atoms with Crippen LogP contribution in [0.5, 0.6) is 0 Å². The van der Waals surface area contributed by atoms with Crippen LogP contribution in [0.3, 0.4) is 0 Å². The molecule has 1 aromatic heterocycles. The normalized spacial score (nSPS) is 17.2. The Kier molecular flexibility index (Phi) is 6.14. The van der Waals surface area contributed by atoms with E-state index in [9.17, 15) is 9.59 Å². The van der Waals surface area contributed by atoms with Gasteiger partial charge in [-0.15, -0.1) is 0 Å². The van der Waals surface area contributed by atoms with Crippen molar-refractivity contribution in [3.63, 3.8) is 0 Å². The van der Waals surface area contributed by atoms with Crippen molar-refractivity contribution in [2.24, 2.45) is 0 Å². The predicted molar refractivity (Wildman–Crippen MR) is 109 cm³/mol. The Morgan fingerprint density at radius 2 is 1.79 bits per heavy atom. The highest BCUT2D eigenvalue weighted by Gasteiger charge is 2.34. The maximum atomic E-state index is 12.7. The van der Waals surface area contributed by atoms with E-state index in [-0.39, 0.29) is 17.9 Å². The summed E-state index contributed by atoms with van der Waals surface area (Å²) in [6.07, 6.45) is 6.93. The molecule has 0 atom stereocenters. The van der Waals surface area contributed by atoms with E-state index in [4.69, 9.17) is 0 Å². The third-order valence-electron chi connectivity index (χ3n) is 5.57. The fourth-order valence-electron chi connectivity index (χ4n) is 3.76. The van der Waals surface area contributed by atoms with Gasteiger partial charge < -0.3 is 9.80 Å². The molecule has 7 heteroatoms. The number of piperazine rings is 1. The van der Waals surface area contributed by atoms with E-state index < -0.39 is 0 Å². The van der Waals surface area contributed by atoms with Crippen LogP contribution in [0.25, 0.3) is 0 Å².